The van der Waals surface area contributed by atoms with E-state index in [4.69, 9.17) is 0 Å². The standard InChI is InChI=1S/C19H21N5OS/c1-3-23(17-12-8-7-9-15(17)2)18(25)14-26-19-20-21-22-24(19)13-16-10-5-4-6-11-16/h4-12H,3,13-14H2,1-2H3. The molecule has 1 aromatic heterocycles. The van der Waals surface area contributed by atoms with Crippen molar-refractivity contribution in [2.45, 2.75) is 25.5 Å². The fraction of sp³-hybridized carbons (Fsp3) is 0.263. The number of aromatic nitrogens is 4. The molecule has 3 rings (SSSR count). The predicted octanol–water partition coefficient (Wildman–Crippen LogP) is 3.18. The molecule has 2 aromatic carbocycles. The molecule has 0 spiro atoms. The Kier molecular flexibility index (Phi) is 6.01. The second-order valence-electron chi connectivity index (χ2n) is 5.82. The van der Waals surface area contributed by atoms with Gasteiger partial charge in [-0.1, -0.05) is 60.3 Å². The highest BCUT2D eigenvalue weighted by Crippen LogP contribution is 2.22. The first-order valence-electron chi connectivity index (χ1n) is 8.48. The highest BCUT2D eigenvalue weighted by Gasteiger charge is 2.17. The maximum atomic E-state index is 12.7. The first-order chi connectivity index (χ1) is 12.7. The van der Waals surface area contributed by atoms with Gasteiger partial charge in [0, 0.05) is 12.2 Å². The number of tetrazole rings is 1. The number of hydrogen-bond acceptors (Lipinski definition) is 5. The van der Waals surface area contributed by atoms with E-state index in [1.165, 1.54) is 11.8 Å². The number of rotatable bonds is 7. The van der Waals surface area contributed by atoms with Gasteiger partial charge in [0.05, 0.1) is 12.3 Å². The van der Waals surface area contributed by atoms with Crippen LogP contribution >= 0.6 is 11.8 Å². The largest absolute Gasteiger partial charge is 0.312 e. The molecule has 1 amide bonds. The minimum absolute atomic E-state index is 0.0426. The summed E-state index contributed by atoms with van der Waals surface area (Å²) in [6.45, 7) is 5.20. The summed E-state index contributed by atoms with van der Waals surface area (Å²) in [5, 5.41) is 12.5. The Bertz CT molecular complexity index is 865. The van der Waals surface area contributed by atoms with Crippen LogP contribution in [-0.4, -0.2) is 38.4 Å². The number of hydrogen-bond donors (Lipinski definition) is 0. The lowest BCUT2D eigenvalue weighted by Gasteiger charge is -2.22. The van der Waals surface area contributed by atoms with Crippen LogP contribution in [0.25, 0.3) is 0 Å². The van der Waals surface area contributed by atoms with Gasteiger partial charge in [0.15, 0.2) is 0 Å². The maximum absolute atomic E-state index is 12.7. The van der Waals surface area contributed by atoms with E-state index in [1.54, 1.807) is 9.58 Å². The lowest BCUT2D eigenvalue weighted by atomic mass is 10.2. The van der Waals surface area contributed by atoms with Crippen LogP contribution in [0.15, 0.2) is 59.8 Å². The van der Waals surface area contributed by atoms with Crippen LogP contribution in [-0.2, 0) is 11.3 Å². The number of benzene rings is 2. The lowest BCUT2D eigenvalue weighted by Crippen LogP contribution is -2.32. The molecular weight excluding hydrogens is 346 g/mol. The van der Waals surface area contributed by atoms with Crippen LogP contribution in [0, 0.1) is 6.92 Å². The van der Waals surface area contributed by atoms with Gasteiger partial charge >= 0.3 is 0 Å². The van der Waals surface area contributed by atoms with Crippen molar-refractivity contribution >= 4 is 23.4 Å². The van der Waals surface area contributed by atoms with E-state index < -0.39 is 0 Å². The van der Waals surface area contributed by atoms with Crippen molar-refractivity contribution in [1.82, 2.24) is 20.2 Å². The molecule has 0 aliphatic carbocycles. The van der Waals surface area contributed by atoms with Gasteiger partial charge in [0.1, 0.15) is 0 Å². The summed E-state index contributed by atoms with van der Waals surface area (Å²) in [5.74, 6) is 0.332. The van der Waals surface area contributed by atoms with Gasteiger partial charge in [0.2, 0.25) is 11.1 Å². The van der Waals surface area contributed by atoms with E-state index in [-0.39, 0.29) is 11.7 Å². The molecule has 134 valence electrons. The minimum Gasteiger partial charge on any atom is -0.312 e. The van der Waals surface area contributed by atoms with Crippen LogP contribution in [0.1, 0.15) is 18.1 Å². The van der Waals surface area contributed by atoms with Gasteiger partial charge in [-0.15, -0.1) is 5.10 Å². The Hall–Kier alpha value is -2.67. The summed E-state index contributed by atoms with van der Waals surface area (Å²) in [6, 6.07) is 17.9. The molecule has 0 saturated heterocycles. The molecule has 0 bridgehead atoms. The van der Waals surface area contributed by atoms with Crippen molar-refractivity contribution in [2.75, 3.05) is 17.2 Å². The number of aryl methyl sites for hydroxylation is 1. The van der Waals surface area contributed by atoms with Gasteiger partial charge in [-0.05, 0) is 41.5 Å². The lowest BCUT2D eigenvalue weighted by molar-refractivity contribution is -0.116. The number of amides is 1. The van der Waals surface area contributed by atoms with Gasteiger partial charge in [0.25, 0.3) is 0 Å². The van der Waals surface area contributed by atoms with Gasteiger partial charge in [-0.2, -0.15) is 0 Å². The molecule has 0 atom stereocenters. The van der Waals surface area contributed by atoms with Crippen LogP contribution in [0.2, 0.25) is 0 Å². The van der Waals surface area contributed by atoms with Crippen LogP contribution < -0.4 is 4.90 Å². The molecule has 0 unspecified atom stereocenters. The maximum Gasteiger partial charge on any atom is 0.237 e. The molecule has 26 heavy (non-hydrogen) atoms. The Morgan fingerprint density at radius 3 is 2.58 bits per heavy atom. The van der Waals surface area contributed by atoms with E-state index in [1.807, 2.05) is 68.4 Å². The quantitative estimate of drug-likeness (QED) is 0.600. The van der Waals surface area contributed by atoms with Gasteiger partial charge in [-0.25, -0.2) is 4.68 Å². The SMILES string of the molecule is CCN(C(=O)CSc1nnnn1Cc1ccccc1)c1ccccc1C. The summed E-state index contributed by atoms with van der Waals surface area (Å²) in [7, 11) is 0. The first-order valence-corrected chi connectivity index (χ1v) is 9.46. The van der Waals surface area contributed by atoms with Crippen LogP contribution in [0.5, 0.6) is 0 Å². The molecule has 7 heteroatoms. The highest BCUT2D eigenvalue weighted by atomic mass is 32.2. The Labute approximate surface area is 157 Å². The summed E-state index contributed by atoms with van der Waals surface area (Å²) in [4.78, 5) is 14.5. The summed E-state index contributed by atoms with van der Waals surface area (Å²) < 4.78 is 1.72. The Balaban J connectivity index is 1.66. The minimum atomic E-state index is 0.0426. The van der Waals surface area contributed by atoms with Crippen molar-refractivity contribution in [3.05, 3.63) is 65.7 Å². The van der Waals surface area contributed by atoms with E-state index in [0.717, 1.165) is 16.8 Å². The number of carbonyl (C=O) groups excluding carboxylic acids is 1. The van der Waals surface area contributed by atoms with Crippen molar-refractivity contribution in [2.24, 2.45) is 0 Å². The second-order valence-corrected chi connectivity index (χ2v) is 6.76. The van der Waals surface area contributed by atoms with Crippen molar-refractivity contribution in [1.29, 1.82) is 0 Å². The first kappa shape index (κ1) is 18.1. The average Bonchev–Trinajstić information content (AvgIpc) is 3.10. The van der Waals surface area contributed by atoms with Crippen molar-refractivity contribution < 1.29 is 4.79 Å². The molecule has 3 aromatic rings. The van der Waals surface area contributed by atoms with Gasteiger partial charge < -0.3 is 4.90 Å². The molecular formula is C19H21N5OS. The number of nitrogens with zero attached hydrogens (tertiary/aromatic N) is 5. The fourth-order valence-electron chi connectivity index (χ4n) is 2.71. The highest BCUT2D eigenvalue weighted by molar-refractivity contribution is 7.99. The third-order valence-electron chi connectivity index (χ3n) is 4.02. The van der Waals surface area contributed by atoms with Gasteiger partial charge in [-0.3, -0.25) is 4.79 Å². The molecule has 1 heterocycles. The smallest absolute Gasteiger partial charge is 0.237 e. The zero-order chi connectivity index (χ0) is 18.4. The van der Waals surface area contributed by atoms with E-state index in [9.17, 15) is 4.79 Å². The zero-order valence-corrected chi connectivity index (χ0v) is 15.7. The normalized spacial score (nSPS) is 10.7. The molecule has 0 fully saturated rings. The number of para-hydroxylation sites is 1. The summed E-state index contributed by atoms with van der Waals surface area (Å²) in [6.07, 6.45) is 0. The summed E-state index contributed by atoms with van der Waals surface area (Å²) in [5.41, 5.74) is 3.15. The van der Waals surface area contributed by atoms with Crippen molar-refractivity contribution in [3.8, 4) is 0 Å². The molecule has 6 nitrogen and oxygen atoms in total. The van der Waals surface area contributed by atoms with Crippen LogP contribution in [0.4, 0.5) is 5.69 Å². The average molecular weight is 367 g/mol. The summed E-state index contributed by atoms with van der Waals surface area (Å²) >= 11 is 1.36. The molecule has 0 radical (unpaired) electrons. The number of thioether (sulfide) groups is 1. The topological polar surface area (TPSA) is 63.9 Å². The fourth-order valence-corrected chi connectivity index (χ4v) is 3.46. The second kappa shape index (κ2) is 8.62. The Morgan fingerprint density at radius 2 is 1.85 bits per heavy atom. The zero-order valence-electron chi connectivity index (χ0n) is 14.9. The monoisotopic (exact) mass is 367 g/mol. The van der Waals surface area contributed by atoms with E-state index in [2.05, 4.69) is 15.5 Å². The molecule has 0 N–H and O–H groups in total. The van der Waals surface area contributed by atoms with E-state index >= 15 is 0 Å². The van der Waals surface area contributed by atoms with E-state index in [0.29, 0.717) is 18.2 Å². The number of anilines is 1. The third kappa shape index (κ3) is 4.29. The Morgan fingerprint density at radius 1 is 1.12 bits per heavy atom. The third-order valence-corrected chi connectivity index (χ3v) is 4.96. The van der Waals surface area contributed by atoms with Crippen molar-refractivity contribution in [3.63, 3.8) is 0 Å². The predicted molar refractivity (Wildman–Crippen MR) is 103 cm³/mol. The van der Waals surface area contributed by atoms with Crippen LogP contribution in [0.3, 0.4) is 0 Å². The molecule has 0 saturated carbocycles. The number of carbonyl (C=O) groups is 1. The molecule has 0 aliphatic rings. The molecule has 0 aliphatic heterocycles.